The fourth-order valence-electron chi connectivity index (χ4n) is 4.30. The Hall–Kier alpha value is -4.03. The Kier molecular flexibility index (Phi) is 12.2. The summed E-state index contributed by atoms with van der Waals surface area (Å²) in [5.74, 6) is -2.03. The number of aliphatic hydroxyl groups excluding tert-OH is 2. The summed E-state index contributed by atoms with van der Waals surface area (Å²) in [6.45, 7) is 3.00. The molecule has 2 aromatic rings. The van der Waals surface area contributed by atoms with E-state index in [1.807, 2.05) is 37.3 Å². The second-order valence-electron chi connectivity index (χ2n) is 9.64. The van der Waals surface area contributed by atoms with E-state index in [1.54, 1.807) is 30.8 Å². The van der Waals surface area contributed by atoms with Crippen molar-refractivity contribution in [2.75, 3.05) is 36.9 Å². The first kappa shape index (κ1) is 32.5. The van der Waals surface area contributed by atoms with Crippen LogP contribution < -0.4 is 15.5 Å². The summed E-state index contributed by atoms with van der Waals surface area (Å²) < 4.78 is 18.8. The molecular formula is C30H36FN3O7S. The van der Waals surface area contributed by atoms with Crippen LogP contribution in [-0.2, 0) is 19.1 Å². The van der Waals surface area contributed by atoms with E-state index in [9.17, 15) is 29.0 Å². The van der Waals surface area contributed by atoms with Crippen molar-refractivity contribution in [3.63, 3.8) is 0 Å². The molecule has 5 N–H and O–H groups in total. The molecule has 0 bridgehead atoms. The standard InChI is InChI=1S/C30H36FN3O7S/c1-3-23(41-17-28(38)32-14-27(37)33-15-29(39)40)13-24(35)19(2)30-26(16-34(30)22-7-5-4-6-8-22)42-18-25(36)20-9-11-21(31)12-10-20/h4-13,25-26,30,35-36H,3,14-18H2,1-2H3,(H,32,38)(H,33,37)(H,39,40)/b23-13+,24-19-. The van der Waals surface area contributed by atoms with E-state index in [2.05, 4.69) is 15.5 Å². The molecule has 0 radical (unpaired) electrons. The number of carbonyl (C=O) groups is 3. The minimum atomic E-state index is -1.19. The minimum absolute atomic E-state index is 0.00405. The topological polar surface area (TPSA) is 148 Å². The molecule has 1 fully saturated rings. The number of carboxylic acids is 1. The lowest BCUT2D eigenvalue weighted by Crippen LogP contribution is -2.59. The van der Waals surface area contributed by atoms with Crippen molar-refractivity contribution >= 4 is 35.2 Å². The largest absolute Gasteiger partial charge is 0.508 e. The fraction of sp³-hybridized carbons (Fsp3) is 0.367. The minimum Gasteiger partial charge on any atom is -0.508 e. The Bertz CT molecular complexity index is 1290. The highest BCUT2D eigenvalue weighted by atomic mass is 32.2. The van der Waals surface area contributed by atoms with Gasteiger partial charge < -0.3 is 35.6 Å². The van der Waals surface area contributed by atoms with Gasteiger partial charge in [-0.2, -0.15) is 11.8 Å². The van der Waals surface area contributed by atoms with Crippen molar-refractivity contribution in [3.05, 3.63) is 89.1 Å². The van der Waals surface area contributed by atoms with E-state index in [0.717, 1.165) is 5.69 Å². The van der Waals surface area contributed by atoms with E-state index >= 15 is 0 Å². The van der Waals surface area contributed by atoms with Gasteiger partial charge in [0.05, 0.1) is 18.7 Å². The number of hydrogen-bond donors (Lipinski definition) is 5. The number of ether oxygens (including phenoxy) is 1. The average molecular weight is 602 g/mol. The summed E-state index contributed by atoms with van der Waals surface area (Å²) in [5.41, 5.74) is 2.31. The molecule has 0 aromatic heterocycles. The number of halogens is 1. The van der Waals surface area contributed by atoms with Crippen molar-refractivity contribution in [2.24, 2.45) is 0 Å². The number of aliphatic hydroxyl groups is 2. The summed E-state index contributed by atoms with van der Waals surface area (Å²) in [5, 5.41) is 34.8. The SMILES string of the molecule is CC/C(=C\C(O)=C(/C)C1C(SCC(O)c2ccc(F)cc2)CN1c1ccccc1)OCC(=O)NCC(=O)NCC(=O)O. The van der Waals surface area contributed by atoms with Gasteiger partial charge >= 0.3 is 5.97 Å². The second-order valence-corrected chi connectivity index (χ2v) is 10.9. The third kappa shape index (κ3) is 9.52. The molecule has 0 aliphatic carbocycles. The highest BCUT2D eigenvalue weighted by Crippen LogP contribution is 2.39. The normalized spacial score (nSPS) is 17.9. The quantitative estimate of drug-likeness (QED) is 0.153. The van der Waals surface area contributed by atoms with Gasteiger partial charge in [-0.05, 0) is 42.3 Å². The van der Waals surface area contributed by atoms with Gasteiger partial charge in [0.1, 0.15) is 23.9 Å². The zero-order valence-electron chi connectivity index (χ0n) is 23.5. The van der Waals surface area contributed by atoms with Crippen LogP contribution in [0, 0.1) is 5.82 Å². The molecule has 12 heteroatoms. The molecule has 3 rings (SSSR count). The van der Waals surface area contributed by atoms with Gasteiger partial charge in [0, 0.05) is 35.7 Å². The number of carbonyl (C=O) groups excluding carboxylic acids is 2. The van der Waals surface area contributed by atoms with E-state index in [0.29, 0.717) is 35.6 Å². The van der Waals surface area contributed by atoms with Gasteiger partial charge in [-0.3, -0.25) is 14.4 Å². The van der Waals surface area contributed by atoms with Crippen molar-refractivity contribution in [2.45, 2.75) is 37.7 Å². The van der Waals surface area contributed by atoms with Crippen LogP contribution in [-0.4, -0.2) is 76.4 Å². The third-order valence-corrected chi connectivity index (χ3v) is 7.98. The summed E-state index contributed by atoms with van der Waals surface area (Å²) in [6.07, 6.45) is 1.09. The van der Waals surface area contributed by atoms with Gasteiger partial charge in [-0.1, -0.05) is 37.3 Å². The number of hydrogen-bond acceptors (Lipinski definition) is 8. The van der Waals surface area contributed by atoms with E-state index in [1.165, 1.54) is 18.2 Å². The number of thioether (sulfide) groups is 1. The van der Waals surface area contributed by atoms with Crippen LogP contribution in [0.5, 0.6) is 0 Å². The fourth-order valence-corrected chi connectivity index (χ4v) is 5.72. The number of nitrogens with one attached hydrogen (secondary N) is 2. The molecule has 3 unspecified atom stereocenters. The van der Waals surface area contributed by atoms with Crippen LogP contribution in [0.4, 0.5) is 10.1 Å². The summed E-state index contributed by atoms with van der Waals surface area (Å²) in [4.78, 5) is 36.3. The lowest BCUT2D eigenvalue weighted by Gasteiger charge is -2.50. The third-order valence-electron chi connectivity index (χ3n) is 6.64. The lowest BCUT2D eigenvalue weighted by atomic mass is 9.92. The number of aliphatic carboxylic acids is 1. The van der Waals surface area contributed by atoms with Crippen molar-refractivity contribution < 1.29 is 38.8 Å². The molecule has 0 spiro atoms. The first-order valence-electron chi connectivity index (χ1n) is 13.4. The Morgan fingerprint density at radius 2 is 1.74 bits per heavy atom. The molecule has 2 aromatic carbocycles. The second kappa shape index (κ2) is 15.8. The number of anilines is 1. The molecule has 1 heterocycles. The van der Waals surface area contributed by atoms with Crippen LogP contribution in [0.1, 0.15) is 31.9 Å². The summed E-state index contributed by atoms with van der Waals surface area (Å²) in [6, 6.07) is 15.4. The van der Waals surface area contributed by atoms with E-state index in [4.69, 9.17) is 9.84 Å². The van der Waals surface area contributed by atoms with E-state index in [-0.39, 0.29) is 22.9 Å². The number of nitrogens with zero attached hydrogens (tertiary/aromatic N) is 1. The van der Waals surface area contributed by atoms with Crippen molar-refractivity contribution in [1.29, 1.82) is 0 Å². The van der Waals surface area contributed by atoms with Crippen molar-refractivity contribution in [1.82, 2.24) is 10.6 Å². The number of benzene rings is 2. The predicted octanol–water partition coefficient (Wildman–Crippen LogP) is 3.31. The number of amides is 2. The summed E-state index contributed by atoms with van der Waals surface area (Å²) >= 11 is 1.57. The number of para-hydroxylation sites is 1. The predicted molar refractivity (Wildman–Crippen MR) is 158 cm³/mol. The van der Waals surface area contributed by atoms with Gasteiger partial charge in [0.25, 0.3) is 5.91 Å². The molecule has 42 heavy (non-hydrogen) atoms. The molecular weight excluding hydrogens is 565 g/mol. The van der Waals surface area contributed by atoms with Gasteiger partial charge in [0.15, 0.2) is 6.61 Å². The van der Waals surface area contributed by atoms with Crippen LogP contribution in [0.3, 0.4) is 0 Å². The smallest absolute Gasteiger partial charge is 0.322 e. The molecule has 1 aliphatic heterocycles. The zero-order valence-corrected chi connectivity index (χ0v) is 24.3. The van der Waals surface area contributed by atoms with Gasteiger partial charge in [-0.15, -0.1) is 0 Å². The first-order valence-corrected chi connectivity index (χ1v) is 14.5. The van der Waals surface area contributed by atoms with Crippen LogP contribution >= 0.6 is 11.8 Å². The Morgan fingerprint density at radius 3 is 2.38 bits per heavy atom. The van der Waals surface area contributed by atoms with Crippen molar-refractivity contribution in [3.8, 4) is 0 Å². The maximum absolute atomic E-state index is 13.3. The maximum atomic E-state index is 13.3. The molecule has 1 saturated heterocycles. The first-order chi connectivity index (χ1) is 20.1. The Morgan fingerprint density at radius 1 is 1.07 bits per heavy atom. The molecule has 0 saturated carbocycles. The highest BCUT2D eigenvalue weighted by Gasteiger charge is 2.41. The molecule has 1 aliphatic rings. The molecule has 3 atom stereocenters. The van der Waals surface area contributed by atoms with Crippen LogP contribution in [0.2, 0.25) is 0 Å². The number of rotatable bonds is 15. The van der Waals surface area contributed by atoms with Gasteiger partial charge in [0.2, 0.25) is 5.91 Å². The summed E-state index contributed by atoms with van der Waals surface area (Å²) in [7, 11) is 0. The van der Waals surface area contributed by atoms with E-state index < -0.39 is 43.6 Å². The Balaban J connectivity index is 1.66. The molecule has 2 amide bonds. The van der Waals surface area contributed by atoms with Crippen LogP contribution in [0.15, 0.2) is 77.8 Å². The van der Waals surface area contributed by atoms with Crippen LogP contribution in [0.25, 0.3) is 0 Å². The average Bonchev–Trinajstić information content (AvgIpc) is 2.97. The van der Waals surface area contributed by atoms with Gasteiger partial charge in [-0.25, -0.2) is 4.39 Å². The number of carboxylic acid groups (broad SMARTS) is 1. The monoisotopic (exact) mass is 601 g/mol. The Labute approximate surface area is 248 Å². The molecule has 226 valence electrons. The molecule has 10 nitrogen and oxygen atoms in total. The maximum Gasteiger partial charge on any atom is 0.322 e. The highest BCUT2D eigenvalue weighted by molar-refractivity contribution is 8.00. The zero-order chi connectivity index (χ0) is 30.6. The number of allylic oxidation sites excluding steroid dienone is 2. The lowest BCUT2D eigenvalue weighted by molar-refractivity contribution is -0.137.